The number of benzene rings is 2. The van der Waals surface area contributed by atoms with Crippen molar-refractivity contribution in [2.75, 3.05) is 12.3 Å². The number of ether oxygens (including phenoxy) is 1. The number of aromatic nitrogens is 1. The van der Waals surface area contributed by atoms with E-state index in [0.717, 1.165) is 12.0 Å². The van der Waals surface area contributed by atoms with Crippen molar-refractivity contribution >= 4 is 5.69 Å². The van der Waals surface area contributed by atoms with Crippen molar-refractivity contribution in [3.63, 3.8) is 0 Å². The molecule has 2 N–H and O–H groups in total. The van der Waals surface area contributed by atoms with Crippen LogP contribution >= 0.6 is 0 Å². The van der Waals surface area contributed by atoms with Crippen LogP contribution in [0.1, 0.15) is 11.1 Å². The van der Waals surface area contributed by atoms with Gasteiger partial charge in [0.25, 0.3) is 5.56 Å². The van der Waals surface area contributed by atoms with E-state index in [-0.39, 0.29) is 5.56 Å². The third kappa shape index (κ3) is 4.04. The standard InChI is InChI=1S/C20H20N2O2/c21-18-10-8-17(9-11-18)15-22-13-4-7-19(20(22)23)24-14-12-16-5-2-1-3-6-16/h1-11,13H,12,14-15,21H2. The van der Waals surface area contributed by atoms with E-state index >= 15 is 0 Å². The van der Waals surface area contributed by atoms with Gasteiger partial charge < -0.3 is 15.0 Å². The number of hydrogen-bond acceptors (Lipinski definition) is 3. The molecule has 1 aromatic heterocycles. The second-order valence-electron chi connectivity index (χ2n) is 5.63. The number of hydrogen-bond donors (Lipinski definition) is 1. The van der Waals surface area contributed by atoms with Crippen molar-refractivity contribution in [3.8, 4) is 5.75 Å². The maximum Gasteiger partial charge on any atom is 0.293 e. The molecule has 0 saturated carbocycles. The first kappa shape index (κ1) is 15.9. The zero-order chi connectivity index (χ0) is 16.8. The Balaban J connectivity index is 1.66. The molecule has 0 aliphatic heterocycles. The van der Waals surface area contributed by atoms with Crippen molar-refractivity contribution < 1.29 is 4.74 Å². The Morgan fingerprint density at radius 3 is 2.38 bits per heavy atom. The van der Waals surface area contributed by atoms with Crippen LogP contribution in [0.5, 0.6) is 5.75 Å². The predicted molar refractivity (Wildman–Crippen MR) is 96.3 cm³/mol. The monoisotopic (exact) mass is 320 g/mol. The largest absolute Gasteiger partial charge is 0.488 e. The van der Waals surface area contributed by atoms with Gasteiger partial charge in [0, 0.05) is 18.3 Å². The Morgan fingerprint density at radius 1 is 0.875 bits per heavy atom. The Morgan fingerprint density at radius 2 is 1.62 bits per heavy atom. The maximum atomic E-state index is 12.5. The number of nitrogens with two attached hydrogens (primary N) is 1. The van der Waals surface area contributed by atoms with Gasteiger partial charge in [-0.25, -0.2) is 0 Å². The quantitative estimate of drug-likeness (QED) is 0.710. The SMILES string of the molecule is Nc1ccc(Cn2cccc(OCCc3ccccc3)c2=O)cc1. The molecule has 24 heavy (non-hydrogen) atoms. The second-order valence-corrected chi connectivity index (χ2v) is 5.63. The van der Waals surface area contributed by atoms with E-state index < -0.39 is 0 Å². The zero-order valence-electron chi connectivity index (χ0n) is 13.4. The molecule has 0 saturated heterocycles. The van der Waals surface area contributed by atoms with Crippen LogP contribution in [0.25, 0.3) is 0 Å². The van der Waals surface area contributed by atoms with Gasteiger partial charge in [0.1, 0.15) is 0 Å². The van der Waals surface area contributed by atoms with Gasteiger partial charge in [-0.05, 0) is 35.4 Å². The summed E-state index contributed by atoms with van der Waals surface area (Å²) in [6.07, 6.45) is 2.54. The van der Waals surface area contributed by atoms with Gasteiger partial charge >= 0.3 is 0 Å². The number of nitrogens with zero attached hydrogens (tertiary/aromatic N) is 1. The normalized spacial score (nSPS) is 10.5. The van der Waals surface area contributed by atoms with E-state index in [2.05, 4.69) is 0 Å². The van der Waals surface area contributed by atoms with E-state index in [1.54, 1.807) is 16.8 Å². The molecule has 122 valence electrons. The lowest BCUT2D eigenvalue weighted by Crippen LogP contribution is -2.22. The summed E-state index contributed by atoms with van der Waals surface area (Å²) in [5, 5.41) is 0. The first-order valence-corrected chi connectivity index (χ1v) is 7.93. The molecule has 3 aromatic rings. The Hall–Kier alpha value is -3.01. The van der Waals surface area contributed by atoms with Gasteiger partial charge in [0.15, 0.2) is 5.75 Å². The zero-order valence-corrected chi connectivity index (χ0v) is 13.4. The Labute approximate surface area is 141 Å². The minimum absolute atomic E-state index is 0.123. The molecule has 0 amide bonds. The average molecular weight is 320 g/mol. The van der Waals surface area contributed by atoms with E-state index in [9.17, 15) is 4.79 Å². The van der Waals surface area contributed by atoms with Crippen molar-refractivity contribution in [2.45, 2.75) is 13.0 Å². The molecule has 4 nitrogen and oxygen atoms in total. The fourth-order valence-corrected chi connectivity index (χ4v) is 2.49. The summed E-state index contributed by atoms with van der Waals surface area (Å²) in [5.41, 5.74) is 8.49. The van der Waals surface area contributed by atoms with E-state index in [1.165, 1.54) is 5.56 Å². The third-order valence-electron chi connectivity index (χ3n) is 3.81. The number of pyridine rings is 1. The van der Waals surface area contributed by atoms with E-state index in [1.807, 2.05) is 60.7 Å². The minimum atomic E-state index is -0.123. The average Bonchev–Trinajstić information content (AvgIpc) is 2.61. The lowest BCUT2D eigenvalue weighted by molar-refractivity contribution is 0.315. The highest BCUT2D eigenvalue weighted by Gasteiger charge is 2.05. The molecule has 0 fully saturated rings. The summed E-state index contributed by atoms with van der Waals surface area (Å²) in [5.74, 6) is 0.379. The van der Waals surface area contributed by atoms with Crippen molar-refractivity contribution in [2.24, 2.45) is 0 Å². The van der Waals surface area contributed by atoms with Crippen LogP contribution in [0.4, 0.5) is 5.69 Å². The molecule has 0 bridgehead atoms. The fraction of sp³-hybridized carbons (Fsp3) is 0.150. The maximum absolute atomic E-state index is 12.5. The summed E-state index contributed by atoms with van der Waals surface area (Å²) in [7, 11) is 0. The lowest BCUT2D eigenvalue weighted by Gasteiger charge is -2.10. The number of rotatable bonds is 6. The summed E-state index contributed by atoms with van der Waals surface area (Å²) in [6.45, 7) is 0.972. The van der Waals surface area contributed by atoms with Crippen LogP contribution in [0, 0.1) is 0 Å². The first-order chi connectivity index (χ1) is 11.7. The molecule has 1 heterocycles. The van der Waals surface area contributed by atoms with E-state index in [0.29, 0.717) is 24.6 Å². The summed E-state index contributed by atoms with van der Waals surface area (Å²) < 4.78 is 7.33. The predicted octanol–water partition coefficient (Wildman–Crippen LogP) is 3.10. The smallest absolute Gasteiger partial charge is 0.293 e. The van der Waals surface area contributed by atoms with Crippen LogP contribution < -0.4 is 16.0 Å². The molecule has 0 radical (unpaired) electrons. The van der Waals surface area contributed by atoms with Crippen LogP contribution in [0.3, 0.4) is 0 Å². The minimum Gasteiger partial charge on any atom is -0.488 e. The highest BCUT2D eigenvalue weighted by atomic mass is 16.5. The van der Waals surface area contributed by atoms with Gasteiger partial charge in [0.05, 0.1) is 13.2 Å². The first-order valence-electron chi connectivity index (χ1n) is 7.93. The molecule has 2 aromatic carbocycles. The molecule has 0 unspecified atom stereocenters. The van der Waals surface area contributed by atoms with Crippen molar-refractivity contribution in [1.29, 1.82) is 0 Å². The van der Waals surface area contributed by atoms with Crippen LogP contribution in [0.15, 0.2) is 77.7 Å². The van der Waals surface area contributed by atoms with Gasteiger partial charge in [0.2, 0.25) is 0 Å². The highest BCUT2D eigenvalue weighted by molar-refractivity contribution is 5.39. The molecule has 4 heteroatoms. The molecular formula is C20H20N2O2. The van der Waals surface area contributed by atoms with Gasteiger partial charge in [-0.15, -0.1) is 0 Å². The topological polar surface area (TPSA) is 57.2 Å². The third-order valence-corrected chi connectivity index (χ3v) is 3.81. The number of nitrogen functional groups attached to an aromatic ring is 1. The molecule has 0 spiro atoms. The number of anilines is 1. The van der Waals surface area contributed by atoms with Crippen LogP contribution in [-0.2, 0) is 13.0 Å². The van der Waals surface area contributed by atoms with Crippen molar-refractivity contribution in [3.05, 3.63) is 94.4 Å². The molecule has 0 aliphatic rings. The highest BCUT2D eigenvalue weighted by Crippen LogP contribution is 2.09. The summed E-state index contributed by atoms with van der Waals surface area (Å²) in [4.78, 5) is 12.5. The van der Waals surface area contributed by atoms with E-state index in [4.69, 9.17) is 10.5 Å². The molecule has 3 rings (SSSR count). The van der Waals surface area contributed by atoms with Gasteiger partial charge in [-0.2, -0.15) is 0 Å². The molecule has 0 aliphatic carbocycles. The lowest BCUT2D eigenvalue weighted by atomic mass is 10.2. The molecular weight excluding hydrogens is 300 g/mol. The fourth-order valence-electron chi connectivity index (χ4n) is 2.49. The Bertz CT molecular complexity index is 840. The summed E-state index contributed by atoms with van der Waals surface area (Å²) >= 11 is 0. The summed E-state index contributed by atoms with van der Waals surface area (Å²) in [6, 6.07) is 21.1. The Kier molecular flexibility index (Phi) is 4.96. The van der Waals surface area contributed by atoms with Crippen LogP contribution in [-0.4, -0.2) is 11.2 Å². The van der Waals surface area contributed by atoms with Crippen molar-refractivity contribution in [1.82, 2.24) is 4.57 Å². The van der Waals surface area contributed by atoms with Gasteiger partial charge in [-0.1, -0.05) is 42.5 Å². The molecule has 0 atom stereocenters. The van der Waals surface area contributed by atoms with Gasteiger partial charge in [-0.3, -0.25) is 4.79 Å². The van der Waals surface area contributed by atoms with Crippen LogP contribution in [0.2, 0.25) is 0 Å². The second kappa shape index (κ2) is 7.51.